The summed E-state index contributed by atoms with van der Waals surface area (Å²) in [5.74, 6) is -0.347. The fourth-order valence-corrected chi connectivity index (χ4v) is 1.90. The van der Waals surface area contributed by atoms with Gasteiger partial charge in [-0.3, -0.25) is 4.79 Å². The number of nitrogens with zero attached hydrogens (tertiary/aromatic N) is 1. The molecule has 1 aromatic rings. The molecule has 13 heavy (non-hydrogen) atoms. The molecule has 4 heteroatoms. The molecule has 1 heterocycles. The Hall–Kier alpha value is -0.900. The molecule has 0 amide bonds. The van der Waals surface area contributed by atoms with Gasteiger partial charge in [0.2, 0.25) is 0 Å². The van der Waals surface area contributed by atoms with Gasteiger partial charge in [0, 0.05) is 11.6 Å². The molecule has 0 aliphatic rings. The van der Waals surface area contributed by atoms with Crippen molar-refractivity contribution < 1.29 is 9.53 Å². The molecule has 0 bridgehead atoms. The number of hydrogen-bond donors (Lipinski definition) is 0. The van der Waals surface area contributed by atoms with Crippen LogP contribution in [0.25, 0.3) is 0 Å². The Kier molecular flexibility index (Phi) is 3.89. The first-order chi connectivity index (χ1) is 6.29. The molecule has 3 nitrogen and oxygen atoms in total. The van der Waals surface area contributed by atoms with Crippen LogP contribution in [0.4, 0.5) is 0 Å². The lowest BCUT2D eigenvalue weighted by atomic mass is 10.1. The van der Waals surface area contributed by atoms with E-state index in [0.29, 0.717) is 6.61 Å². The summed E-state index contributed by atoms with van der Waals surface area (Å²) in [5, 5.41) is 2.72. The SMILES string of the molecule is CCOC(=O)C(CC)c1nccs1. The summed E-state index contributed by atoms with van der Waals surface area (Å²) in [5.41, 5.74) is 0. The van der Waals surface area contributed by atoms with Gasteiger partial charge in [-0.25, -0.2) is 4.98 Å². The molecule has 0 saturated heterocycles. The van der Waals surface area contributed by atoms with Crippen LogP contribution in [0.15, 0.2) is 11.6 Å². The van der Waals surface area contributed by atoms with Crippen LogP contribution in [-0.2, 0) is 9.53 Å². The van der Waals surface area contributed by atoms with Crippen molar-refractivity contribution in [2.75, 3.05) is 6.61 Å². The highest BCUT2D eigenvalue weighted by Gasteiger charge is 2.21. The van der Waals surface area contributed by atoms with Crippen molar-refractivity contribution in [3.05, 3.63) is 16.6 Å². The zero-order valence-electron chi connectivity index (χ0n) is 7.82. The minimum atomic E-state index is -0.181. The molecular weight excluding hydrogens is 186 g/mol. The van der Waals surface area contributed by atoms with Gasteiger partial charge in [0.25, 0.3) is 0 Å². The summed E-state index contributed by atoms with van der Waals surface area (Å²) in [6.45, 7) is 4.20. The van der Waals surface area contributed by atoms with E-state index in [1.54, 1.807) is 6.20 Å². The van der Waals surface area contributed by atoms with Gasteiger partial charge in [0.05, 0.1) is 6.61 Å². The summed E-state index contributed by atoms with van der Waals surface area (Å²) in [7, 11) is 0. The van der Waals surface area contributed by atoms with Gasteiger partial charge in [0.15, 0.2) is 0 Å². The van der Waals surface area contributed by atoms with Gasteiger partial charge >= 0.3 is 5.97 Å². The molecule has 0 radical (unpaired) electrons. The van der Waals surface area contributed by atoms with E-state index in [-0.39, 0.29) is 11.9 Å². The normalized spacial score (nSPS) is 12.5. The number of esters is 1. The number of thiazole rings is 1. The fourth-order valence-electron chi connectivity index (χ4n) is 1.09. The smallest absolute Gasteiger partial charge is 0.315 e. The number of rotatable bonds is 4. The van der Waals surface area contributed by atoms with Crippen LogP contribution in [-0.4, -0.2) is 17.6 Å². The lowest BCUT2D eigenvalue weighted by Crippen LogP contribution is -2.14. The van der Waals surface area contributed by atoms with Crippen molar-refractivity contribution in [2.45, 2.75) is 26.2 Å². The molecular formula is C9H13NO2S. The van der Waals surface area contributed by atoms with E-state index in [1.165, 1.54) is 11.3 Å². The highest BCUT2D eigenvalue weighted by molar-refractivity contribution is 7.09. The monoisotopic (exact) mass is 199 g/mol. The number of aromatic nitrogens is 1. The van der Waals surface area contributed by atoms with Gasteiger partial charge < -0.3 is 4.74 Å². The third-order valence-electron chi connectivity index (χ3n) is 1.73. The predicted octanol–water partition coefficient (Wildman–Crippen LogP) is 2.20. The van der Waals surface area contributed by atoms with Crippen molar-refractivity contribution in [2.24, 2.45) is 0 Å². The standard InChI is InChI=1S/C9H13NO2S/c1-3-7(9(11)12-4-2)8-10-5-6-13-8/h5-7H,3-4H2,1-2H3. The Bertz CT molecular complexity index is 259. The highest BCUT2D eigenvalue weighted by Crippen LogP contribution is 2.22. The van der Waals surface area contributed by atoms with Crippen molar-refractivity contribution in [1.29, 1.82) is 0 Å². The second kappa shape index (κ2) is 4.97. The Morgan fingerprint density at radius 2 is 2.46 bits per heavy atom. The molecule has 1 aromatic heterocycles. The summed E-state index contributed by atoms with van der Waals surface area (Å²) in [6, 6.07) is 0. The van der Waals surface area contributed by atoms with Crippen LogP contribution in [0.2, 0.25) is 0 Å². The lowest BCUT2D eigenvalue weighted by Gasteiger charge is -2.09. The van der Waals surface area contributed by atoms with Crippen LogP contribution < -0.4 is 0 Å². The molecule has 1 rings (SSSR count). The predicted molar refractivity (Wildman–Crippen MR) is 51.8 cm³/mol. The first kappa shape index (κ1) is 10.2. The topological polar surface area (TPSA) is 39.2 Å². The van der Waals surface area contributed by atoms with Gasteiger partial charge in [-0.05, 0) is 13.3 Å². The van der Waals surface area contributed by atoms with Gasteiger partial charge in [-0.1, -0.05) is 6.92 Å². The minimum Gasteiger partial charge on any atom is -0.465 e. The van der Waals surface area contributed by atoms with Crippen molar-refractivity contribution in [3.63, 3.8) is 0 Å². The second-order valence-electron chi connectivity index (χ2n) is 2.58. The van der Waals surface area contributed by atoms with E-state index in [4.69, 9.17) is 4.74 Å². The van der Waals surface area contributed by atoms with E-state index in [1.807, 2.05) is 19.2 Å². The maximum absolute atomic E-state index is 11.4. The molecule has 0 fully saturated rings. The highest BCUT2D eigenvalue weighted by atomic mass is 32.1. The number of carbonyl (C=O) groups is 1. The Morgan fingerprint density at radius 3 is 2.92 bits per heavy atom. The number of carbonyl (C=O) groups excluding carboxylic acids is 1. The average Bonchev–Trinajstić information content (AvgIpc) is 2.59. The molecule has 0 N–H and O–H groups in total. The molecule has 1 atom stereocenters. The molecule has 0 saturated carbocycles. The fraction of sp³-hybridized carbons (Fsp3) is 0.556. The average molecular weight is 199 g/mol. The van der Waals surface area contributed by atoms with E-state index in [0.717, 1.165) is 11.4 Å². The second-order valence-corrected chi connectivity index (χ2v) is 3.51. The van der Waals surface area contributed by atoms with E-state index in [9.17, 15) is 4.79 Å². The Labute approximate surface area is 81.8 Å². The first-order valence-electron chi connectivity index (χ1n) is 4.35. The Balaban J connectivity index is 2.68. The largest absolute Gasteiger partial charge is 0.465 e. The summed E-state index contributed by atoms with van der Waals surface area (Å²) in [4.78, 5) is 15.5. The van der Waals surface area contributed by atoms with Gasteiger partial charge in [-0.15, -0.1) is 11.3 Å². The van der Waals surface area contributed by atoms with E-state index < -0.39 is 0 Å². The molecule has 72 valence electrons. The van der Waals surface area contributed by atoms with Crippen LogP contribution in [0.3, 0.4) is 0 Å². The zero-order chi connectivity index (χ0) is 9.68. The van der Waals surface area contributed by atoms with Crippen molar-refractivity contribution in [1.82, 2.24) is 4.98 Å². The van der Waals surface area contributed by atoms with Crippen molar-refractivity contribution >= 4 is 17.3 Å². The molecule has 1 unspecified atom stereocenters. The van der Waals surface area contributed by atoms with E-state index >= 15 is 0 Å². The lowest BCUT2D eigenvalue weighted by molar-refractivity contribution is -0.145. The summed E-state index contributed by atoms with van der Waals surface area (Å²) >= 11 is 1.50. The molecule has 0 aliphatic heterocycles. The maximum atomic E-state index is 11.4. The van der Waals surface area contributed by atoms with Crippen LogP contribution in [0.1, 0.15) is 31.2 Å². The third-order valence-corrected chi connectivity index (χ3v) is 2.62. The zero-order valence-corrected chi connectivity index (χ0v) is 8.63. The maximum Gasteiger partial charge on any atom is 0.315 e. The number of hydrogen-bond acceptors (Lipinski definition) is 4. The van der Waals surface area contributed by atoms with Crippen LogP contribution in [0, 0.1) is 0 Å². The summed E-state index contributed by atoms with van der Waals surface area (Å²) in [6.07, 6.45) is 2.45. The quantitative estimate of drug-likeness (QED) is 0.698. The molecule has 0 aromatic carbocycles. The minimum absolute atomic E-state index is 0.167. The Morgan fingerprint density at radius 1 is 1.69 bits per heavy atom. The molecule has 0 aliphatic carbocycles. The van der Waals surface area contributed by atoms with Crippen LogP contribution in [0.5, 0.6) is 0 Å². The third kappa shape index (κ3) is 2.52. The van der Waals surface area contributed by atoms with Crippen molar-refractivity contribution in [3.8, 4) is 0 Å². The number of ether oxygens (including phenoxy) is 1. The first-order valence-corrected chi connectivity index (χ1v) is 5.23. The van der Waals surface area contributed by atoms with Gasteiger partial charge in [0.1, 0.15) is 10.9 Å². The van der Waals surface area contributed by atoms with Crippen LogP contribution >= 0.6 is 11.3 Å². The summed E-state index contributed by atoms with van der Waals surface area (Å²) < 4.78 is 4.95. The van der Waals surface area contributed by atoms with E-state index in [2.05, 4.69) is 4.98 Å². The van der Waals surface area contributed by atoms with Gasteiger partial charge in [-0.2, -0.15) is 0 Å². The molecule has 0 spiro atoms.